The average Bonchev–Trinajstić information content (AvgIpc) is 2.76. The Morgan fingerprint density at radius 3 is 2.76 bits per heavy atom. The normalized spacial score (nSPS) is 10.8. The molecule has 0 aliphatic rings. The van der Waals surface area contributed by atoms with E-state index in [1.165, 1.54) is 0 Å². The van der Waals surface area contributed by atoms with Crippen LogP contribution in [0.15, 0.2) is 24.5 Å². The van der Waals surface area contributed by atoms with E-state index in [-0.39, 0.29) is 0 Å². The Bertz CT molecular complexity index is 508. The lowest BCUT2D eigenvalue weighted by Gasteiger charge is -2.06. The second-order valence-corrected chi connectivity index (χ2v) is 4.52. The van der Waals surface area contributed by atoms with Crippen LogP contribution in [0.2, 0.25) is 5.02 Å². The summed E-state index contributed by atoms with van der Waals surface area (Å²) >= 11 is 11.7. The highest BCUT2D eigenvalue weighted by Gasteiger charge is 2.05. The molecule has 5 heteroatoms. The molecular formula is C12H13Cl2N3. The number of halogens is 2. The first-order valence-electron chi connectivity index (χ1n) is 5.49. The third kappa shape index (κ3) is 2.99. The lowest BCUT2D eigenvalue weighted by atomic mass is 10.2. The van der Waals surface area contributed by atoms with Gasteiger partial charge < -0.3 is 0 Å². The predicted octanol–water partition coefficient (Wildman–Crippen LogP) is 3.61. The second-order valence-electron chi connectivity index (χ2n) is 3.81. The molecule has 3 nitrogen and oxygen atoms in total. The van der Waals surface area contributed by atoms with Gasteiger partial charge in [0.05, 0.1) is 17.4 Å². The number of hydrogen-bond acceptors (Lipinski definition) is 2. The molecule has 0 bridgehead atoms. The van der Waals surface area contributed by atoms with E-state index < -0.39 is 0 Å². The van der Waals surface area contributed by atoms with Crippen molar-refractivity contribution in [2.75, 3.05) is 0 Å². The SMILES string of the molecule is CCCc1cc(CCl)cc(-n2cc(Cl)cn2)n1. The lowest BCUT2D eigenvalue weighted by Crippen LogP contribution is -2.02. The van der Waals surface area contributed by atoms with E-state index in [0.29, 0.717) is 10.9 Å². The molecule has 0 aromatic carbocycles. The number of aromatic nitrogens is 3. The molecule has 0 radical (unpaired) electrons. The van der Waals surface area contributed by atoms with Gasteiger partial charge >= 0.3 is 0 Å². The van der Waals surface area contributed by atoms with E-state index >= 15 is 0 Å². The summed E-state index contributed by atoms with van der Waals surface area (Å²) in [5.74, 6) is 1.24. The Morgan fingerprint density at radius 2 is 2.18 bits per heavy atom. The number of rotatable bonds is 4. The third-order valence-electron chi connectivity index (χ3n) is 2.37. The molecule has 0 N–H and O–H groups in total. The molecule has 0 aliphatic carbocycles. The summed E-state index contributed by atoms with van der Waals surface area (Å²) in [6.45, 7) is 2.12. The molecule has 2 heterocycles. The van der Waals surface area contributed by atoms with Gasteiger partial charge in [0.1, 0.15) is 0 Å². The molecule has 0 amide bonds. The van der Waals surface area contributed by atoms with Crippen molar-refractivity contribution in [2.24, 2.45) is 0 Å². The van der Waals surface area contributed by atoms with Gasteiger partial charge in [0.25, 0.3) is 0 Å². The van der Waals surface area contributed by atoms with Gasteiger partial charge in [0.2, 0.25) is 0 Å². The van der Waals surface area contributed by atoms with Crippen LogP contribution in [-0.2, 0) is 12.3 Å². The zero-order valence-corrected chi connectivity index (χ0v) is 11.0. The molecule has 0 unspecified atom stereocenters. The minimum absolute atomic E-state index is 0.473. The molecule has 2 rings (SSSR count). The summed E-state index contributed by atoms with van der Waals surface area (Å²) in [7, 11) is 0. The standard InChI is InChI=1S/C12H13Cl2N3/c1-2-3-11-4-9(6-13)5-12(16-11)17-8-10(14)7-15-17/h4-5,7-8H,2-3,6H2,1H3. The van der Waals surface area contributed by atoms with Crippen molar-refractivity contribution < 1.29 is 0 Å². The van der Waals surface area contributed by atoms with Crippen molar-refractivity contribution in [2.45, 2.75) is 25.6 Å². The van der Waals surface area contributed by atoms with Crippen LogP contribution >= 0.6 is 23.2 Å². The van der Waals surface area contributed by atoms with Gasteiger partial charge in [-0.25, -0.2) is 9.67 Å². The lowest BCUT2D eigenvalue weighted by molar-refractivity contribution is 0.811. The number of hydrogen-bond donors (Lipinski definition) is 0. The first kappa shape index (κ1) is 12.4. The van der Waals surface area contributed by atoms with Gasteiger partial charge in [-0.2, -0.15) is 5.10 Å². The summed E-state index contributed by atoms with van der Waals surface area (Å²) in [5.41, 5.74) is 2.08. The van der Waals surface area contributed by atoms with Crippen molar-refractivity contribution in [3.63, 3.8) is 0 Å². The van der Waals surface area contributed by atoms with Crippen LogP contribution < -0.4 is 0 Å². The Balaban J connectivity index is 2.42. The molecule has 0 saturated carbocycles. The summed E-state index contributed by atoms with van der Waals surface area (Å²) in [6.07, 6.45) is 5.32. The van der Waals surface area contributed by atoms with E-state index in [4.69, 9.17) is 23.2 Å². The van der Waals surface area contributed by atoms with Crippen LogP contribution in [0, 0.1) is 0 Å². The fourth-order valence-corrected chi connectivity index (χ4v) is 1.93. The molecule has 0 aliphatic heterocycles. The molecular weight excluding hydrogens is 257 g/mol. The van der Waals surface area contributed by atoms with Crippen LogP contribution in [0.4, 0.5) is 0 Å². The van der Waals surface area contributed by atoms with Gasteiger partial charge in [-0.3, -0.25) is 0 Å². The first-order valence-corrected chi connectivity index (χ1v) is 6.40. The smallest absolute Gasteiger partial charge is 0.153 e. The number of alkyl halides is 1. The van der Waals surface area contributed by atoms with Gasteiger partial charge in [0, 0.05) is 11.6 Å². The quantitative estimate of drug-likeness (QED) is 0.794. The summed E-state index contributed by atoms with van der Waals surface area (Å²) in [5, 5.41) is 4.74. The van der Waals surface area contributed by atoms with Crippen LogP contribution in [0.3, 0.4) is 0 Å². The highest BCUT2D eigenvalue weighted by molar-refractivity contribution is 6.30. The van der Waals surface area contributed by atoms with E-state index in [0.717, 1.165) is 29.9 Å². The van der Waals surface area contributed by atoms with Gasteiger partial charge in [0.15, 0.2) is 5.82 Å². The monoisotopic (exact) mass is 269 g/mol. The van der Waals surface area contributed by atoms with Crippen LogP contribution in [0.5, 0.6) is 0 Å². The summed E-state index contributed by atoms with van der Waals surface area (Å²) < 4.78 is 1.66. The fraction of sp³-hybridized carbons (Fsp3) is 0.333. The van der Waals surface area contributed by atoms with E-state index in [2.05, 4.69) is 17.0 Å². The zero-order valence-electron chi connectivity index (χ0n) is 9.53. The van der Waals surface area contributed by atoms with Crippen molar-refractivity contribution in [1.82, 2.24) is 14.8 Å². The molecule has 0 saturated heterocycles. The largest absolute Gasteiger partial charge is 0.234 e. The number of nitrogens with zero attached hydrogens (tertiary/aromatic N) is 3. The van der Waals surface area contributed by atoms with Gasteiger partial charge in [-0.1, -0.05) is 24.9 Å². The van der Waals surface area contributed by atoms with E-state index in [1.54, 1.807) is 17.1 Å². The Hall–Kier alpha value is -1.06. The summed E-state index contributed by atoms with van der Waals surface area (Å²) in [6, 6.07) is 3.96. The van der Waals surface area contributed by atoms with Crippen LogP contribution in [0.1, 0.15) is 24.6 Å². The molecule has 0 spiro atoms. The number of pyridine rings is 1. The fourth-order valence-electron chi connectivity index (χ4n) is 1.64. The minimum Gasteiger partial charge on any atom is -0.234 e. The second kappa shape index (κ2) is 5.52. The van der Waals surface area contributed by atoms with E-state index in [1.807, 2.05) is 12.1 Å². The molecule has 0 fully saturated rings. The maximum Gasteiger partial charge on any atom is 0.153 e. The Kier molecular flexibility index (Phi) is 4.02. The van der Waals surface area contributed by atoms with Crippen LogP contribution in [0.25, 0.3) is 5.82 Å². The van der Waals surface area contributed by atoms with Gasteiger partial charge in [-0.05, 0) is 24.1 Å². The van der Waals surface area contributed by atoms with E-state index in [9.17, 15) is 0 Å². The zero-order chi connectivity index (χ0) is 12.3. The maximum atomic E-state index is 5.88. The summed E-state index contributed by atoms with van der Waals surface area (Å²) in [4.78, 5) is 4.54. The molecule has 2 aromatic rings. The highest BCUT2D eigenvalue weighted by atomic mass is 35.5. The highest BCUT2D eigenvalue weighted by Crippen LogP contribution is 2.15. The van der Waals surface area contributed by atoms with Crippen molar-refractivity contribution in [1.29, 1.82) is 0 Å². The molecule has 17 heavy (non-hydrogen) atoms. The minimum atomic E-state index is 0.473. The molecule has 90 valence electrons. The molecule has 2 aromatic heterocycles. The van der Waals surface area contributed by atoms with Crippen molar-refractivity contribution in [3.05, 3.63) is 40.8 Å². The van der Waals surface area contributed by atoms with Crippen molar-refractivity contribution >= 4 is 23.2 Å². The predicted molar refractivity (Wildman–Crippen MR) is 69.9 cm³/mol. The van der Waals surface area contributed by atoms with Crippen molar-refractivity contribution in [3.8, 4) is 5.82 Å². The topological polar surface area (TPSA) is 30.7 Å². The Morgan fingerprint density at radius 1 is 1.35 bits per heavy atom. The maximum absolute atomic E-state index is 5.88. The third-order valence-corrected chi connectivity index (χ3v) is 2.87. The first-order chi connectivity index (χ1) is 8.22. The molecule has 0 atom stereocenters. The van der Waals surface area contributed by atoms with Crippen LogP contribution in [-0.4, -0.2) is 14.8 Å². The van der Waals surface area contributed by atoms with Gasteiger partial charge in [-0.15, -0.1) is 11.6 Å². The number of aryl methyl sites for hydroxylation is 1. The Labute approximate surface area is 110 Å². The average molecular weight is 270 g/mol.